The number of benzene rings is 1. The van der Waals surface area contributed by atoms with Gasteiger partial charge in [0.1, 0.15) is 23.9 Å². The van der Waals surface area contributed by atoms with Crippen LogP contribution < -0.4 is 21.7 Å². The van der Waals surface area contributed by atoms with Crippen LogP contribution in [-0.2, 0) is 30.4 Å². The second kappa shape index (κ2) is 15.6. The van der Waals surface area contributed by atoms with Crippen molar-refractivity contribution in [2.24, 2.45) is 17.6 Å². The van der Waals surface area contributed by atoms with Crippen LogP contribution >= 0.6 is 0 Å². The number of rotatable bonds is 16. The summed E-state index contributed by atoms with van der Waals surface area (Å²) in [5, 5.41) is 35.6. The fourth-order valence-electron chi connectivity index (χ4n) is 3.74. The van der Waals surface area contributed by atoms with Crippen LogP contribution in [0.5, 0.6) is 5.75 Å². The average molecular weight is 537 g/mol. The first-order chi connectivity index (χ1) is 17.7. The number of amides is 3. The monoisotopic (exact) mass is 536 g/mol. The molecule has 0 heterocycles. The number of carbonyl (C=O) groups excluding carboxylic acids is 3. The van der Waals surface area contributed by atoms with Crippen LogP contribution in [0.25, 0.3) is 0 Å². The molecule has 4 unspecified atom stereocenters. The lowest BCUT2D eigenvalue weighted by atomic mass is 10.0. The third-order valence-corrected chi connectivity index (χ3v) is 5.67. The maximum Gasteiger partial charge on any atom is 0.326 e. The Morgan fingerprint density at radius 1 is 0.763 bits per heavy atom. The predicted octanol–water partition coefficient (Wildman–Crippen LogP) is 0.758. The largest absolute Gasteiger partial charge is 0.508 e. The summed E-state index contributed by atoms with van der Waals surface area (Å²) in [4.78, 5) is 61.7. The minimum absolute atomic E-state index is 0.00930. The van der Waals surface area contributed by atoms with E-state index in [2.05, 4.69) is 16.0 Å². The number of aromatic hydroxyl groups is 1. The Labute approximate surface area is 222 Å². The van der Waals surface area contributed by atoms with Gasteiger partial charge < -0.3 is 37.0 Å². The van der Waals surface area contributed by atoms with Crippen molar-refractivity contribution in [3.05, 3.63) is 29.8 Å². The Balaban J connectivity index is 3.17. The molecule has 212 valence electrons. The molecule has 0 bridgehead atoms. The minimum Gasteiger partial charge on any atom is -0.508 e. The van der Waals surface area contributed by atoms with Crippen molar-refractivity contribution in [1.82, 2.24) is 16.0 Å². The zero-order valence-electron chi connectivity index (χ0n) is 22.3. The van der Waals surface area contributed by atoms with Crippen LogP contribution in [0.2, 0.25) is 0 Å². The van der Waals surface area contributed by atoms with Crippen molar-refractivity contribution >= 4 is 29.7 Å². The number of phenols is 1. The second-order valence-corrected chi connectivity index (χ2v) is 10.2. The lowest BCUT2D eigenvalue weighted by Gasteiger charge is -2.25. The van der Waals surface area contributed by atoms with E-state index in [4.69, 9.17) is 10.8 Å². The third kappa shape index (κ3) is 12.0. The Morgan fingerprint density at radius 3 is 1.76 bits per heavy atom. The SMILES string of the molecule is CC(C)CC(N)C(=O)NC(Cc1ccc(O)cc1)C(=O)NC(CCC(=O)O)C(=O)NC(CC(C)C)C(=O)O. The predicted molar refractivity (Wildman–Crippen MR) is 139 cm³/mol. The number of carboxylic acid groups (broad SMARTS) is 2. The molecule has 0 saturated carbocycles. The summed E-state index contributed by atoms with van der Waals surface area (Å²) in [6.07, 6.45) is -0.268. The van der Waals surface area contributed by atoms with E-state index in [0.29, 0.717) is 12.0 Å². The molecule has 8 N–H and O–H groups in total. The van der Waals surface area contributed by atoms with Crippen molar-refractivity contribution in [3.8, 4) is 5.75 Å². The Bertz CT molecular complexity index is 964. The number of hydrogen-bond acceptors (Lipinski definition) is 7. The van der Waals surface area contributed by atoms with Gasteiger partial charge in [-0.25, -0.2) is 4.79 Å². The number of phenolic OH excluding ortho intramolecular Hbond substituents is 1. The van der Waals surface area contributed by atoms with Gasteiger partial charge in [-0.15, -0.1) is 0 Å². The topological polar surface area (TPSA) is 208 Å². The van der Waals surface area contributed by atoms with E-state index < -0.39 is 60.2 Å². The molecule has 0 saturated heterocycles. The molecular formula is C26H40N4O8. The number of carbonyl (C=O) groups is 5. The van der Waals surface area contributed by atoms with Crippen molar-refractivity contribution in [2.75, 3.05) is 0 Å². The molecule has 0 aliphatic heterocycles. The number of aliphatic carboxylic acids is 2. The van der Waals surface area contributed by atoms with Gasteiger partial charge >= 0.3 is 11.9 Å². The molecule has 0 aliphatic rings. The summed E-state index contributed by atoms with van der Waals surface area (Å²) in [6, 6.07) is 1.30. The summed E-state index contributed by atoms with van der Waals surface area (Å²) in [6.45, 7) is 7.35. The van der Waals surface area contributed by atoms with Gasteiger partial charge in [0.05, 0.1) is 6.04 Å². The van der Waals surface area contributed by atoms with Crippen LogP contribution in [0.3, 0.4) is 0 Å². The van der Waals surface area contributed by atoms with Crippen molar-refractivity contribution in [2.45, 2.75) is 84.0 Å². The number of hydrogen-bond donors (Lipinski definition) is 7. The Morgan fingerprint density at radius 2 is 1.26 bits per heavy atom. The second-order valence-electron chi connectivity index (χ2n) is 10.2. The molecular weight excluding hydrogens is 496 g/mol. The van der Waals surface area contributed by atoms with Gasteiger partial charge in [0, 0.05) is 12.8 Å². The molecule has 1 rings (SSSR count). The molecule has 0 fully saturated rings. The first-order valence-corrected chi connectivity index (χ1v) is 12.6. The normalized spacial score (nSPS) is 14.3. The Kier molecular flexibility index (Phi) is 13.2. The fourth-order valence-corrected chi connectivity index (χ4v) is 3.74. The summed E-state index contributed by atoms with van der Waals surface area (Å²) in [7, 11) is 0. The Hall–Kier alpha value is -3.67. The molecule has 0 aliphatic carbocycles. The molecule has 12 heteroatoms. The zero-order chi connectivity index (χ0) is 29.0. The lowest BCUT2D eigenvalue weighted by Crippen LogP contribution is -2.57. The standard InChI is InChI=1S/C26H40N4O8/c1-14(2)11-18(27)23(34)29-20(13-16-5-7-17(31)8-6-16)25(36)28-19(9-10-22(32)33)24(35)30-21(26(37)38)12-15(3)4/h5-8,14-15,18-21,31H,9-13,27H2,1-4H3,(H,28,36)(H,29,34)(H,30,35)(H,32,33)(H,37,38). The van der Waals surface area contributed by atoms with Crippen LogP contribution in [0.15, 0.2) is 24.3 Å². The summed E-state index contributed by atoms with van der Waals surface area (Å²) in [5.41, 5.74) is 6.56. The fraction of sp³-hybridized carbons (Fsp3) is 0.577. The van der Waals surface area contributed by atoms with Gasteiger partial charge in [0.15, 0.2) is 0 Å². The van der Waals surface area contributed by atoms with Gasteiger partial charge in [0.25, 0.3) is 0 Å². The van der Waals surface area contributed by atoms with Gasteiger partial charge in [0.2, 0.25) is 17.7 Å². The van der Waals surface area contributed by atoms with E-state index in [1.54, 1.807) is 26.0 Å². The first kappa shape index (κ1) is 32.4. The van der Waals surface area contributed by atoms with Crippen molar-refractivity contribution in [3.63, 3.8) is 0 Å². The molecule has 12 nitrogen and oxygen atoms in total. The van der Waals surface area contributed by atoms with Crippen molar-refractivity contribution in [1.29, 1.82) is 0 Å². The molecule has 4 atom stereocenters. The van der Waals surface area contributed by atoms with E-state index in [9.17, 15) is 34.2 Å². The van der Waals surface area contributed by atoms with Gasteiger partial charge in [-0.1, -0.05) is 39.8 Å². The van der Waals surface area contributed by atoms with E-state index in [0.717, 1.165) is 0 Å². The highest BCUT2D eigenvalue weighted by Gasteiger charge is 2.31. The summed E-state index contributed by atoms with van der Waals surface area (Å²) in [5.74, 6) is -4.58. The average Bonchev–Trinajstić information content (AvgIpc) is 2.80. The maximum absolute atomic E-state index is 13.3. The summed E-state index contributed by atoms with van der Waals surface area (Å²) < 4.78 is 0. The number of carboxylic acids is 2. The molecule has 38 heavy (non-hydrogen) atoms. The quantitative estimate of drug-likeness (QED) is 0.159. The summed E-state index contributed by atoms with van der Waals surface area (Å²) >= 11 is 0. The highest BCUT2D eigenvalue weighted by Crippen LogP contribution is 2.13. The smallest absolute Gasteiger partial charge is 0.326 e. The molecule has 1 aromatic carbocycles. The van der Waals surface area contributed by atoms with Crippen LogP contribution in [-0.4, -0.2) is 69.1 Å². The van der Waals surface area contributed by atoms with E-state index >= 15 is 0 Å². The highest BCUT2D eigenvalue weighted by molar-refractivity contribution is 5.94. The highest BCUT2D eigenvalue weighted by atomic mass is 16.4. The third-order valence-electron chi connectivity index (χ3n) is 5.67. The molecule has 0 aromatic heterocycles. The number of nitrogens with two attached hydrogens (primary N) is 1. The van der Waals surface area contributed by atoms with Gasteiger partial charge in [-0.05, 0) is 48.8 Å². The van der Waals surface area contributed by atoms with Crippen LogP contribution in [0.4, 0.5) is 0 Å². The van der Waals surface area contributed by atoms with Crippen molar-refractivity contribution < 1.29 is 39.3 Å². The minimum atomic E-state index is -1.36. The van der Waals surface area contributed by atoms with E-state index in [1.807, 2.05) is 13.8 Å². The molecule has 0 spiro atoms. The van der Waals surface area contributed by atoms with Crippen LogP contribution in [0.1, 0.15) is 58.9 Å². The van der Waals surface area contributed by atoms with Gasteiger partial charge in [-0.2, -0.15) is 0 Å². The van der Waals surface area contributed by atoms with Gasteiger partial charge in [-0.3, -0.25) is 19.2 Å². The van der Waals surface area contributed by atoms with E-state index in [-0.39, 0.29) is 36.8 Å². The lowest BCUT2D eigenvalue weighted by molar-refractivity contribution is -0.143. The molecule has 3 amide bonds. The zero-order valence-corrected chi connectivity index (χ0v) is 22.3. The molecule has 0 radical (unpaired) electrons. The first-order valence-electron chi connectivity index (χ1n) is 12.6. The van der Waals surface area contributed by atoms with E-state index in [1.165, 1.54) is 12.1 Å². The van der Waals surface area contributed by atoms with Crippen LogP contribution in [0, 0.1) is 11.8 Å². The number of nitrogens with one attached hydrogen (secondary N) is 3. The molecule has 1 aromatic rings. The maximum atomic E-state index is 13.3.